The topological polar surface area (TPSA) is 47.9 Å². The van der Waals surface area contributed by atoms with Crippen molar-refractivity contribution in [2.24, 2.45) is 0 Å². The molecular formula is C16H30O4. The molecule has 4 nitrogen and oxygen atoms in total. The van der Waals surface area contributed by atoms with Crippen LogP contribution in [0.3, 0.4) is 0 Å². The summed E-state index contributed by atoms with van der Waals surface area (Å²) in [5.41, 5.74) is -0.580. The summed E-state index contributed by atoms with van der Waals surface area (Å²) in [5.74, 6) is 0.690. The lowest BCUT2D eigenvalue weighted by Crippen LogP contribution is -2.31. The van der Waals surface area contributed by atoms with Gasteiger partial charge < -0.3 is 19.3 Å². The molecule has 0 saturated heterocycles. The monoisotopic (exact) mass is 286 g/mol. The molecule has 1 aliphatic carbocycles. The minimum atomic E-state index is -0.580. The Labute approximate surface area is 123 Å². The first-order chi connectivity index (χ1) is 9.65. The molecule has 0 aromatic heterocycles. The van der Waals surface area contributed by atoms with Crippen LogP contribution in [0.25, 0.3) is 0 Å². The third-order valence-corrected chi connectivity index (χ3v) is 3.65. The van der Waals surface area contributed by atoms with Crippen molar-refractivity contribution in [1.82, 2.24) is 0 Å². The summed E-state index contributed by atoms with van der Waals surface area (Å²) in [6.45, 7) is 7.52. The number of hydrogen-bond donors (Lipinski definition) is 1. The molecule has 0 atom stereocenters. The molecule has 0 spiro atoms. The van der Waals surface area contributed by atoms with Crippen LogP contribution in [-0.2, 0) is 14.2 Å². The molecule has 118 valence electrons. The second kappa shape index (κ2) is 9.37. The molecule has 1 N–H and O–H groups in total. The van der Waals surface area contributed by atoms with E-state index >= 15 is 0 Å². The molecule has 0 aromatic carbocycles. The summed E-state index contributed by atoms with van der Waals surface area (Å²) in [6, 6.07) is 0. The lowest BCUT2D eigenvalue weighted by Gasteiger charge is -2.31. The number of aliphatic hydroxyl groups is 1. The Morgan fingerprint density at radius 2 is 1.65 bits per heavy atom. The molecule has 20 heavy (non-hydrogen) atoms. The van der Waals surface area contributed by atoms with Crippen molar-refractivity contribution >= 4 is 0 Å². The molecule has 0 aromatic rings. The SMILES string of the molecule is CCO/C(=C\CC1(O)CCCCC1)C(OCC)OCC. The largest absolute Gasteiger partial charge is 0.493 e. The summed E-state index contributed by atoms with van der Waals surface area (Å²) < 4.78 is 16.8. The zero-order chi connectivity index (χ0) is 14.8. The third-order valence-electron chi connectivity index (χ3n) is 3.65. The maximum atomic E-state index is 10.5. The maximum Gasteiger partial charge on any atom is 0.216 e. The van der Waals surface area contributed by atoms with Gasteiger partial charge in [-0.1, -0.05) is 19.3 Å². The molecule has 0 bridgehead atoms. The van der Waals surface area contributed by atoms with Gasteiger partial charge in [-0.25, -0.2) is 0 Å². The fraction of sp³-hybridized carbons (Fsp3) is 0.875. The Morgan fingerprint density at radius 1 is 1.05 bits per heavy atom. The van der Waals surface area contributed by atoms with E-state index in [1.54, 1.807) is 0 Å². The van der Waals surface area contributed by atoms with Crippen LogP contribution in [0.4, 0.5) is 0 Å². The average Bonchev–Trinajstić information content (AvgIpc) is 2.44. The number of rotatable bonds is 9. The number of ether oxygens (including phenoxy) is 3. The zero-order valence-electron chi connectivity index (χ0n) is 13.2. The molecule has 1 saturated carbocycles. The van der Waals surface area contributed by atoms with Crippen LogP contribution in [-0.4, -0.2) is 36.8 Å². The van der Waals surface area contributed by atoms with E-state index < -0.39 is 11.9 Å². The summed E-state index contributed by atoms with van der Waals surface area (Å²) >= 11 is 0. The van der Waals surface area contributed by atoms with Gasteiger partial charge in [0.2, 0.25) is 6.29 Å². The van der Waals surface area contributed by atoms with Gasteiger partial charge in [0.1, 0.15) is 5.76 Å². The first-order valence-corrected chi connectivity index (χ1v) is 7.93. The molecule has 0 unspecified atom stereocenters. The van der Waals surface area contributed by atoms with Gasteiger partial charge in [0.25, 0.3) is 0 Å². The van der Waals surface area contributed by atoms with Crippen LogP contribution in [0, 0.1) is 0 Å². The predicted molar refractivity (Wildman–Crippen MR) is 79.4 cm³/mol. The van der Waals surface area contributed by atoms with Crippen LogP contribution < -0.4 is 0 Å². The fourth-order valence-corrected chi connectivity index (χ4v) is 2.61. The van der Waals surface area contributed by atoms with Crippen molar-refractivity contribution in [3.63, 3.8) is 0 Å². The van der Waals surface area contributed by atoms with Gasteiger partial charge >= 0.3 is 0 Å². The van der Waals surface area contributed by atoms with E-state index in [1.807, 2.05) is 26.8 Å². The van der Waals surface area contributed by atoms with Gasteiger partial charge in [-0.2, -0.15) is 0 Å². The normalized spacial score (nSPS) is 19.4. The lowest BCUT2D eigenvalue weighted by molar-refractivity contribution is -0.136. The quantitative estimate of drug-likeness (QED) is 0.521. The number of hydrogen-bond acceptors (Lipinski definition) is 4. The van der Waals surface area contributed by atoms with Crippen molar-refractivity contribution in [3.05, 3.63) is 11.8 Å². The standard InChI is InChI=1S/C16H30O4/c1-4-18-14(15(19-5-2)20-6-3)10-13-16(17)11-8-7-9-12-16/h10,15,17H,4-9,11-13H2,1-3H3/b14-10-. The molecule has 0 aliphatic heterocycles. The Morgan fingerprint density at radius 3 is 2.15 bits per heavy atom. The van der Waals surface area contributed by atoms with E-state index in [2.05, 4.69) is 0 Å². The second-order valence-electron chi connectivity index (χ2n) is 5.27. The second-order valence-corrected chi connectivity index (χ2v) is 5.27. The highest BCUT2D eigenvalue weighted by Crippen LogP contribution is 2.31. The van der Waals surface area contributed by atoms with Crippen LogP contribution in [0.1, 0.15) is 59.3 Å². The molecule has 0 radical (unpaired) electrons. The van der Waals surface area contributed by atoms with Crippen LogP contribution in [0.15, 0.2) is 11.8 Å². The highest BCUT2D eigenvalue weighted by molar-refractivity contribution is 5.02. The van der Waals surface area contributed by atoms with Crippen molar-refractivity contribution < 1.29 is 19.3 Å². The summed E-state index contributed by atoms with van der Waals surface area (Å²) in [5, 5.41) is 10.5. The van der Waals surface area contributed by atoms with E-state index in [9.17, 15) is 5.11 Å². The maximum absolute atomic E-state index is 10.5. The van der Waals surface area contributed by atoms with Crippen LogP contribution in [0.5, 0.6) is 0 Å². The Hall–Kier alpha value is -0.580. The Balaban J connectivity index is 2.68. The Kier molecular flexibility index (Phi) is 8.19. The van der Waals surface area contributed by atoms with Crippen molar-refractivity contribution in [2.45, 2.75) is 71.2 Å². The molecule has 1 aliphatic rings. The first-order valence-electron chi connectivity index (χ1n) is 7.93. The molecule has 0 amide bonds. The first kappa shape index (κ1) is 17.5. The van der Waals surface area contributed by atoms with E-state index in [0.29, 0.717) is 32.0 Å². The van der Waals surface area contributed by atoms with E-state index in [0.717, 1.165) is 25.7 Å². The smallest absolute Gasteiger partial charge is 0.216 e. The van der Waals surface area contributed by atoms with E-state index in [-0.39, 0.29) is 0 Å². The van der Waals surface area contributed by atoms with Crippen molar-refractivity contribution in [2.75, 3.05) is 19.8 Å². The minimum Gasteiger partial charge on any atom is -0.493 e. The van der Waals surface area contributed by atoms with E-state index in [4.69, 9.17) is 14.2 Å². The molecular weight excluding hydrogens is 256 g/mol. The molecule has 4 heteroatoms. The Bertz CT molecular complexity index is 276. The predicted octanol–water partition coefficient (Wildman–Crippen LogP) is 3.39. The minimum absolute atomic E-state index is 0.461. The molecule has 0 heterocycles. The van der Waals surface area contributed by atoms with Gasteiger partial charge in [0, 0.05) is 13.2 Å². The van der Waals surface area contributed by atoms with Crippen molar-refractivity contribution in [1.29, 1.82) is 0 Å². The summed E-state index contributed by atoms with van der Waals surface area (Å²) in [4.78, 5) is 0. The fourth-order valence-electron chi connectivity index (χ4n) is 2.61. The van der Waals surface area contributed by atoms with Crippen LogP contribution >= 0.6 is 0 Å². The van der Waals surface area contributed by atoms with Gasteiger partial charge in [-0.05, 0) is 46.1 Å². The van der Waals surface area contributed by atoms with Gasteiger partial charge in [0.15, 0.2) is 0 Å². The highest BCUT2D eigenvalue weighted by Gasteiger charge is 2.29. The third kappa shape index (κ3) is 5.81. The van der Waals surface area contributed by atoms with Gasteiger partial charge in [0.05, 0.1) is 12.2 Å². The molecule has 1 rings (SSSR count). The van der Waals surface area contributed by atoms with Crippen molar-refractivity contribution in [3.8, 4) is 0 Å². The zero-order valence-corrected chi connectivity index (χ0v) is 13.2. The van der Waals surface area contributed by atoms with Gasteiger partial charge in [-0.3, -0.25) is 0 Å². The summed E-state index contributed by atoms with van der Waals surface area (Å²) in [6.07, 6.45) is 7.28. The highest BCUT2D eigenvalue weighted by atomic mass is 16.7. The molecule has 1 fully saturated rings. The van der Waals surface area contributed by atoms with Crippen LogP contribution in [0.2, 0.25) is 0 Å². The van der Waals surface area contributed by atoms with E-state index in [1.165, 1.54) is 6.42 Å². The average molecular weight is 286 g/mol. The summed E-state index contributed by atoms with van der Waals surface area (Å²) in [7, 11) is 0. The van der Waals surface area contributed by atoms with Gasteiger partial charge in [-0.15, -0.1) is 0 Å². The lowest BCUT2D eigenvalue weighted by atomic mass is 9.82.